The highest BCUT2D eigenvalue weighted by molar-refractivity contribution is 5.95. The molecule has 0 saturated heterocycles. The first-order chi connectivity index (χ1) is 9.58. The van der Waals surface area contributed by atoms with Gasteiger partial charge < -0.3 is 15.0 Å². The van der Waals surface area contributed by atoms with Crippen molar-refractivity contribution in [2.45, 2.75) is 26.8 Å². The van der Waals surface area contributed by atoms with Crippen LogP contribution in [0.15, 0.2) is 30.9 Å². The molecule has 0 unspecified atom stereocenters. The van der Waals surface area contributed by atoms with Crippen LogP contribution in [0.1, 0.15) is 23.1 Å². The maximum Gasteiger partial charge on any atom is 0.125 e. The Labute approximate surface area is 118 Å². The van der Waals surface area contributed by atoms with Crippen molar-refractivity contribution in [3.05, 3.63) is 47.5 Å². The lowest BCUT2D eigenvalue weighted by Crippen LogP contribution is -2.12. The smallest absolute Gasteiger partial charge is 0.125 e. The van der Waals surface area contributed by atoms with Crippen molar-refractivity contribution < 1.29 is 4.74 Å². The molecule has 1 aromatic carbocycles. The van der Waals surface area contributed by atoms with Crippen LogP contribution in [0, 0.1) is 19.3 Å². The van der Waals surface area contributed by atoms with Gasteiger partial charge in [0.15, 0.2) is 0 Å². The average Bonchev–Trinajstić information content (AvgIpc) is 2.89. The number of nitrogens with one attached hydrogen (secondary N) is 1. The summed E-state index contributed by atoms with van der Waals surface area (Å²) in [7, 11) is 0. The van der Waals surface area contributed by atoms with E-state index in [4.69, 9.17) is 15.9 Å². The lowest BCUT2D eigenvalue weighted by molar-refractivity contribution is 0.298. The molecule has 3 N–H and O–H groups in total. The molecule has 0 atom stereocenters. The van der Waals surface area contributed by atoms with Gasteiger partial charge in [0.1, 0.15) is 11.6 Å². The minimum atomic E-state index is 0.0860. The van der Waals surface area contributed by atoms with Crippen LogP contribution in [0.25, 0.3) is 0 Å². The number of nitrogen functional groups attached to an aromatic ring is 1. The minimum Gasteiger partial charge on any atom is -0.493 e. The van der Waals surface area contributed by atoms with E-state index < -0.39 is 0 Å². The van der Waals surface area contributed by atoms with E-state index in [1.807, 2.05) is 36.7 Å². The van der Waals surface area contributed by atoms with Crippen molar-refractivity contribution in [3.63, 3.8) is 0 Å². The van der Waals surface area contributed by atoms with Gasteiger partial charge in [-0.15, -0.1) is 0 Å². The molecule has 0 bridgehead atoms. The summed E-state index contributed by atoms with van der Waals surface area (Å²) in [6.07, 6.45) is 6.44. The highest BCUT2D eigenvalue weighted by atomic mass is 16.5. The molecule has 0 aliphatic heterocycles. The Kier molecular flexibility index (Phi) is 4.40. The first-order valence-corrected chi connectivity index (χ1v) is 6.62. The van der Waals surface area contributed by atoms with E-state index in [1.165, 1.54) is 0 Å². The van der Waals surface area contributed by atoms with Crippen LogP contribution >= 0.6 is 0 Å². The van der Waals surface area contributed by atoms with Gasteiger partial charge in [-0.3, -0.25) is 5.41 Å². The fraction of sp³-hybridized carbons (Fsp3) is 0.333. The summed E-state index contributed by atoms with van der Waals surface area (Å²) in [5.41, 5.74) is 8.28. The number of imidazole rings is 1. The molecule has 0 aliphatic carbocycles. The van der Waals surface area contributed by atoms with Crippen molar-refractivity contribution >= 4 is 5.84 Å². The number of hydrogen-bond donors (Lipinski definition) is 2. The number of benzene rings is 1. The number of rotatable bonds is 6. The van der Waals surface area contributed by atoms with E-state index in [2.05, 4.69) is 4.98 Å². The van der Waals surface area contributed by atoms with Crippen molar-refractivity contribution in [1.82, 2.24) is 9.55 Å². The summed E-state index contributed by atoms with van der Waals surface area (Å²) in [6, 6.07) is 3.78. The summed E-state index contributed by atoms with van der Waals surface area (Å²) >= 11 is 0. The van der Waals surface area contributed by atoms with Crippen LogP contribution in [0.2, 0.25) is 0 Å². The zero-order chi connectivity index (χ0) is 14.5. The molecule has 106 valence electrons. The minimum absolute atomic E-state index is 0.0860. The van der Waals surface area contributed by atoms with E-state index in [9.17, 15) is 0 Å². The van der Waals surface area contributed by atoms with Gasteiger partial charge in [0.2, 0.25) is 0 Å². The zero-order valence-electron chi connectivity index (χ0n) is 11.9. The summed E-state index contributed by atoms with van der Waals surface area (Å²) in [6.45, 7) is 5.50. The molecule has 1 aromatic heterocycles. The Hall–Kier alpha value is -2.30. The second-order valence-electron chi connectivity index (χ2n) is 4.86. The summed E-state index contributed by atoms with van der Waals surface area (Å²) in [5, 5.41) is 7.48. The number of aromatic nitrogens is 2. The van der Waals surface area contributed by atoms with Gasteiger partial charge in [-0.1, -0.05) is 0 Å². The van der Waals surface area contributed by atoms with Crippen molar-refractivity contribution in [2.75, 3.05) is 6.61 Å². The van der Waals surface area contributed by atoms with Gasteiger partial charge in [0.25, 0.3) is 0 Å². The topological polar surface area (TPSA) is 76.9 Å². The summed E-state index contributed by atoms with van der Waals surface area (Å²) in [4.78, 5) is 4.00. The Morgan fingerprint density at radius 3 is 2.60 bits per heavy atom. The average molecular weight is 272 g/mol. The third-order valence-corrected chi connectivity index (χ3v) is 3.14. The highest BCUT2D eigenvalue weighted by Gasteiger charge is 2.08. The van der Waals surface area contributed by atoms with Gasteiger partial charge >= 0.3 is 0 Å². The molecular weight excluding hydrogens is 252 g/mol. The number of nitrogens with zero attached hydrogens (tertiary/aromatic N) is 2. The fourth-order valence-electron chi connectivity index (χ4n) is 2.17. The highest BCUT2D eigenvalue weighted by Crippen LogP contribution is 2.24. The second-order valence-corrected chi connectivity index (χ2v) is 4.86. The molecule has 2 aromatic rings. The molecule has 0 aliphatic rings. The predicted octanol–water partition coefficient (Wildman–Crippen LogP) is 2.25. The standard InChI is InChI=1S/C15H20N4O/c1-11-8-13(15(16)17)9-12(2)14(11)20-7-3-5-19-6-4-18-10-19/h4,6,8-10H,3,5,7H2,1-2H3,(H3,16,17). The molecule has 0 spiro atoms. The zero-order valence-corrected chi connectivity index (χ0v) is 11.9. The quantitative estimate of drug-likeness (QED) is 0.481. The van der Waals surface area contributed by atoms with Gasteiger partial charge in [-0.25, -0.2) is 4.98 Å². The third kappa shape index (κ3) is 3.38. The molecule has 0 radical (unpaired) electrons. The predicted molar refractivity (Wildman–Crippen MR) is 79.3 cm³/mol. The second kappa shape index (κ2) is 6.23. The molecule has 5 heteroatoms. The first-order valence-electron chi connectivity index (χ1n) is 6.62. The van der Waals surface area contributed by atoms with Gasteiger partial charge in [0, 0.05) is 24.5 Å². The van der Waals surface area contributed by atoms with Crippen LogP contribution in [-0.4, -0.2) is 22.0 Å². The Balaban J connectivity index is 1.94. The van der Waals surface area contributed by atoms with Gasteiger partial charge in [0.05, 0.1) is 12.9 Å². The molecule has 0 amide bonds. The van der Waals surface area contributed by atoms with Crippen molar-refractivity contribution in [1.29, 1.82) is 5.41 Å². The van der Waals surface area contributed by atoms with Crippen molar-refractivity contribution in [3.8, 4) is 5.75 Å². The van der Waals surface area contributed by atoms with Crippen molar-refractivity contribution in [2.24, 2.45) is 5.73 Å². The SMILES string of the molecule is Cc1cc(C(=N)N)cc(C)c1OCCCn1ccnc1. The number of amidine groups is 1. The number of nitrogens with two attached hydrogens (primary N) is 1. The van der Waals surface area contributed by atoms with Gasteiger partial charge in [-0.05, 0) is 43.5 Å². The Morgan fingerprint density at radius 1 is 1.35 bits per heavy atom. The molecule has 0 saturated carbocycles. The third-order valence-electron chi connectivity index (χ3n) is 3.14. The lowest BCUT2D eigenvalue weighted by atomic mass is 10.1. The number of ether oxygens (including phenoxy) is 1. The largest absolute Gasteiger partial charge is 0.493 e. The molecule has 5 nitrogen and oxygen atoms in total. The normalized spacial score (nSPS) is 10.5. The van der Waals surface area contributed by atoms with Gasteiger partial charge in [-0.2, -0.15) is 0 Å². The van der Waals surface area contributed by atoms with E-state index >= 15 is 0 Å². The van der Waals surface area contributed by atoms with E-state index in [-0.39, 0.29) is 5.84 Å². The van der Waals surface area contributed by atoms with E-state index in [1.54, 1.807) is 12.5 Å². The molecule has 0 fully saturated rings. The van der Waals surface area contributed by atoms with Crippen LogP contribution in [0.4, 0.5) is 0 Å². The van der Waals surface area contributed by atoms with E-state index in [0.717, 1.165) is 35.4 Å². The van der Waals surface area contributed by atoms with E-state index in [0.29, 0.717) is 6.61 Å². The van der Waals surface area contributed by atoms with Crippen LogP contribution in [0.3, 0.4) is 0 Å². The summed E-state index contributed by atoms with van der Waals surface area (Å²) < 4.78 is 7.89. The lowest BCUT2D eigenvalue weighted by Gasteiger charge is -2.14. The molecule has 1 heterocycles. The van der Waals surface area contributed by atoms with Crippen LogP contribution in [-0.2, 0) is 6.54 Å². The Bertz CT molecular complexity index is 567. The number of hydrogen-bond acceptors (Lipinski definition) is 3. The molecule has 2 rings (SSSR count). The summed E-state index contributed by atoms with van der Waals surface area (Å²) in [5.74, 6) is 0.975. The monoisotopic (exact) mass is 272 g/mol. The van der Waals surface area contributed by atoms with Crippen LogP contribution < -0.4 is 10.5 Å². The maximum atomic E-state index is 7.48. The molecular formula is C15H20N4O. The maximum absolute atomic E-state index is 7.48. The van der Waals surface area contributed by atoms with Crippen LogP contribution in [0.5, 0.6) is 5.75 Å². The fourth-order valence-corrected chi connectivity index (χ4v) is 2.17. The molecule has 20 heavy (non-hydrogen) atoms. The Morgan fingerprint density at radius 2 is 2.05 bits per heavy atom. The number of aryl methyl sites for hydroxylation is 3. The first kappa shape index (κ1) is 14.1.